The number of ether oxygens (including phenoxy) is 3. The molecule has 0 heterocycles. The molecule has 0 bridgehead atoms. The Bertz CT molecular complexity index is 521. The van der Waals surface area contributed by atoms with Crippen molar-refractivity contribution in [2.75, 3.05) is 26.4 Å². The first-order valence-corrected chi connectivity index (χ1v) is 10.4. The van der Waals surface area contributed by atoms with Crippen LogP contribution in [-0.4, -0.2) is 43.2 Å². The molecular formula is C20H35F2O5P. The molecular weight excluding hydrogens is 389 g/mol. The molecule has 0 aliphatic carbocycles. The molecule has 0 spiro atoms. The molecule has 0 aliphatic rings. The highest BCUT2D eigenvalue weighted by Gasteiger charge is 2.40. The summed E-state index contributed by atoms with van der Waals surface area (Å²) >= 11 is 0. The van der Waals surface area contributed by atoms with Crippen molar-refractivity contribution in [1.82, 2.24) is 0 Å². The zero-order valence-electron chi connectivity index (χ0n) is 17.9. The third kappa shape index (κ3) is 11.2. The predicted molar refractivity (Wildman–Crippen MR) is 109 cm³/mol. The van der Waals surface area contributed by atoms with Gasteiger partial charge in [-0.15, -0.1) is 28.1 Å². The molecule has 0 unspecified atom stereocenters. The summed E-state index contributed by atoms with van der Waals surface area (Å²) in [5, 5.41) is 0. The summed E-state index contributed by atoms with van der Waals surface area (Å²) in [4.78, 5) is 0. The monoisotopic (exact) mass is 424 g/mol. The molecule has 0 saturated heterocycles. The third-order valence-corrected chi connectivity index (χ3v) is 4.68. The molecule has 0 N–H and O–H groups in total. The van der Waals surface area contributed by atoms with E-state index in [0.29, 0.717) is 0 Å². The summed E-state index contributed by atoms with van der Waals surface area (Å²) in [6.45, 7) is 21.1. The Hall–Kier alpha value is -0.850. The van der Waals surface area contributed by atoms with Gasteiger partial charge in [0.2, 0.25) is 0 Å². The van der Waals surface area contributed by atoms with E-state index in [9.17, 15) is 13.0 Å². The van der Waals surface area contributed by atoms with Crippen LogP contribution in [0.3, 0.4) is 0 Å². The van der Waals surface area contributed by atoms with Gasteiger partial charge in [-0.2, -0.15) is 0 Å². The lowest BCUT2D eigenvalue weighted by Crippen LogP contribution is -2.46. The van der Waals surface area contributed by atoms with Crippen LogP contribution in [0.1, 0.15) is 41.5 Å². The van der Waals surface area contributed by atoms with Gasteiger partial charge in [-0.1, -0.05) is 18.2 Å². The van der Waals surface area contributed by atoms with Crippen molar-refractivity contribution in [3.05, 3.63) is 38.0 Å². The molecule has 28 heavy (non-hydrogen) atoms. The molecule has 0 radical (unpaired) electrons. The van der Waals surface area contributed by atoms with Gasteiger partial charge in [-0.05, 0) is 41.5 Å². The van der Waals surface area contributed by atoms with Crippen molar-refractivity contribution in [3.63, 3.8) is 0 Å². The first-order valence-electron chi connectivity index (χ1n) is 8.98. The van der Waals surface area contributed by atoms with E-state index in [4.69, 9.17) is 14.2 Å². The van der Waals surface area contributed by atoms with Gasteiger partial charge in [-0.3, -0.25) is 4.52 Å². The second-order valence-corrected chi connectivity index (χ2v) is 9.56. The minimum absolute atomic E-state index is 0.0491. The fourth-order valence-corrected chi connectivity index (χ4v) is 2.08. The Kier molecular flexibility index (Phi) is 9.95. The van der Waals surface area contributed by atoms with Gasteiger partial charge in [0.25, 0.3) is 0 Å². The summed E-state index contributed by atoms with van der Waals surface area (Å²) in [5.41, 5.74) is -3.32. The average Bonchev–Trinajstić information content (AvgIpc) is 2.60. The van der Waals surface area contributed by atoms with Crippen molar-refractivity contribution in [3.8, 4) is 0 Å². The largest absolute Gasteiger partial charge is 0.551 e. The maximum absolute atomic E-state index is 13.0. The molecule has 0 aromatic carbocycles. The van der Waals surface area contributed by atoms with Crippen LogP contribution in [-0.2, 0) is 23.3 Å². The van der Waals surface area contributed by atoms with Crippen LogP contribution >= 0.6 is 7.99 Å². The summed E-state index contributed by atoms with van der Waals surface area (Å²) in [6.07, 6.45) is 4.78. The van der Waals surface area contributed by atoms with E-state index in [1.54, 1.807) is 59.8 Å². The molecule has 8 heteroatoms. The van der Waals surface area contributed by atoms with Crippen LogP contribution in [0.2, 0.25) is 0 Å². The number of hydrogen-bond acceptors (Lipinski definition) is 5. The Labute approximate surface area is 168 Å². The Morgan fingerprint density at radius 3 is 1.21 bits per heavy atom. The SMILES string of the molecule is C=CC(C)(C)OCC(COC(C)(C)C=C)(COC(C)(C)C=C)COP(=O)(F)F. The quantitative estimate of drug-likeness (QED) is 0.239. The van der Waals surface area contributed by atoms with Crippen LogP contribution < -0.4 is 0 Å². The molecule has 0 saturated carbocycles. The minimum Gasteiger partial charge on any atom is -0.371 e. The van der Waals surface area contributed by atoms with Crippen LogP contribution in [0.25, 0.3) is 0 Å². The van der Waals surface area contributed by atoms with Gasteiger partial charge in [0.1, 0.15) is 0 Å². The van der Waals surface area contributed by atoms with Gasteiger partial charge < -0.3 is 14.2 Å². The smallest absolute Gasteiger partial charge is 0.371 e. The molecule has 0 amide bonds. The number of rotatable bonds is 15. The maximum atomic E-state index is 13.0. The summed E-state index contributed by atoms with van der Waals surface area (Å²) in [6, 6.07) is 0. The lowest BCUT2D eigenvalue weighted by molar-refractivity contribution is -0.147. The summed E-state index contributed by atoms with van der Waals surface area (Å²) in [5.74, 6) is 0. The molecule has 5 nitrogen and oxygen atoms in total. The van der Waals surface area contributed by atoms with E-state index in [2.05, 4.69) is 24.3 Å². The van der Waals surface area contributed by atoms with Gasteiger partial charge in [-0.25, -0.2) is 4.57 Å². The molecule has 0 rings (SSSR count). The van der Waals surface area contributed by atoms with E-state index in [-0.39, 0.29) is 19.8 Å². The zero-order chi connectivity index (χ0) is 22.3. The first-order chi connectivity index (χ1) is 12.5. The van der Waals surface area contributed by atoms with Gasteiger partial charge in [0.05, 0.1) is 48.6 Å². The Balaban J connectivity index is 5.76. The lowest BCUT2D eigenvalue weighted by Gasteiger charge is -2.39. The predicted octanol–water partition coefficient (Wildman–Crippen LogP) is 5.98. The van der Waals surface area contributed by atoms with E-state index in [1.165, 1.54) is 0 Å². The van der Waals surface area contributed by atoms with Crippen molar-refractivity contribution in [2.45, 2.75) is 58.3 Å². The topological polar surface area (TPSA) is 54.0 Å². The van der Waals surface area contributed by atoms with E-state index < -0.39 is 36.8 Å². The molecule has 0 aromatic heterocycles. The van der Waals surface area contributed by atoms with Gasteiger partial charge >= 0.3 is 7.99 Å². The zero-order valence-corrected chi connectivity index (χ0v) is 18.8. The van der Waals surface area contributed by atoms with Crippen LogP contribution in [0, 0.1) is 5.41 Å². The molecule has 164 valence electrons. The maximum Gasteiger partial charge on any atom is 0.551 e. The fraction of sp³-hybridized carbons (Fsp3) is 0.700. The standard InChI is InChI=1S/C20H35F2O5P/c1-10-17(4,5)24-13-20(16-27-28(21,22)23,14-25-18(6,7)11-2)15-26-19(8,9)12-3/h10-12H,1-3,13-16H2,4-9H3. The van der Waals surface area contributed by atoms with Crippen molar-refractivity contribution in [1.29, 1.82) is 0 Å². The highest BCUT2D eigenvalue weighted by Crippen LogP contribution is 2.51. The van der Waals surface area contributed by atoms with Gasteiger partial charge in [0, 0.05) is 0 Å². The summed E-state index contributed by atoms with van der Waals surface area (Å²) < 4.78 is 59.0. The van der Waals surface area contributed by atoms with Crippen molar-refractivity contribution < 1.29 is 31.7 Å². The highest BCUT2D eigenvalue weighted by atomic mass is 31.2. The first kappa shape index (κ1) is 27.1. The van der Waals surface area contributed by atoms with E-state index in [1.807, 2.05) is 0 Å². The minimum atomic E-state index is -5.70. The lowest BCUT2D eigenvalue weighted by atomic mass is 9.91. The second kappa shape index (κ2) is 10.3. The third-order valence-electron chi connectivity index (χ3n) is 4.25. The second-order valence-electron chi connectivity index (χ2n) is 8.48. The van der Waals surface area contributed by atoms with Crippen molar-refractivity contribution in [2.24, 2.45) is 5.41 Å². The normalized spacial score (nSPS) is 14.0. The summed E-state index contributed by atoms with van der Waals surface area (Å²) in [7, 11) is -5.70. The van der Waals surface area contributed by atoms with Crippen LogP contribution in [0.15, 0.2) is 38.0 Å². The molecule has 0 aliphatic heterocycles. The molecule has 0 atom stereocenters. The fourth-order valence-electron chi connectivity index (χ4n) is 1.66. The average molecular weight is 424 g/mol. The number of halogens is 2. The molecule has 0 aromatic rings. The van der Waals surface area contributed by atoms with Gasteiger partial charge in [0.15, 0.2) is 0 Å². The van der Waals surface area contributed by atoms with Crippen LogP contribution in [0.5, 0.6) is 0 Å². The van der Waals surface area contributed by atoms with Crippen molar-refractivity contribution >= 4 is 7.99 Å². The van der Waals surface area contributed by atoms with E-state index >= 15 is 0 Å². The molecule has 0 fully saturated rings. The highest BCUT2D eigenvalue weighted by molar-refractivity contribution is 7.47. The number of hydrogen-bond donors (Lipinski definition) is 0. The Morgan fingerprint density at radius 1 is 0.714 bits per heavy atom. The van der Waals surface area contributed by atoms with E-state index in [0.717, 1.165) is 0 Å². The Morgan fingerprint density at radius 2 is 1.00 bits per heavy atom. The van der Waals surface area contributed by atoms with Crippen LogP contribution in [0.4, 0.5) is 8.39 Å².